The summed E-state index contributed by atoms with van der Waals surface area (Å²) in [5.74, 6) is 0. The summed E-state index contributed by atoms with van der Waals surface area (Å²) in [5.41, 5.74) is 4.76. The Bertz CT molecular complexity index is 863. The molecule has 4 rings (SSSR count). The van der Waals surface area contributed by atoms with Gasteiger partial charge in [-0.05, 0) is 48.5 Å². The topological polar surface area (TPSA) is 6.48 Å². The van der Waals surface area contributed by atoms with Gasteiger partial charge in [0.15, 0.2) is 0 Å². The summed E-state index contributed by atoms with van der Waals surface area (Å²) >= 11 is 0. The molecule has 0 heterocycles. The summed E-state index contributed by atoms with van der Waals surface area (Å²) in [6.45, 7) is 1.62. The quantitative estimate of drug-likeness (QED) is 0.293. The lowest BCUT2D eigenvalue weighted by atomic mass is 10.2. The van der Waals surface area contributed by atoms with E-state index in [1.54, 1.807) is 0 Å². The van der Waals surface area contributed by atoms with E-state index in [1.807, 2.05) is 0 Å². The second-order valence-corrected chi connectivity index (χ2v) is 7.03. The highest BCUT2D eigenvalue weighted by atomic mass is 15.1. The molecule has 148 valence electrons. The van der Waals surface area contributed by atoms with Gasteiger partial charge in [-0.2, -0.15) is 0 Å². The second-order valence-electron chi connectivity index (χ2n) is 7.03. The van der Waals surface area contributed by atoms with Crippen LogP contribution in [0.5, 0.6) is 0 Å². The van der Waals surface area contributed by atoms with Crippen LogP contribution < -0.4 is 9.80 Å². The fraction of sp³-hybridized carbons (Fsp3) is 0.0714. The number of rotatable bonds is 8. The maximum atomic E-state index is 2.33. The van der Waals surface area contributed by atoms with Gasteiger partial charge in [0.1, 0.15) is 0 Å². The van der Waals surface area contributed by atoms with Crippen LogP contribution in [0.4, 0.5) is 22.7 Å². The number of hydrogen-bond donors (Lipinski definition) is 0. The minimum atomic E-state index is 0.811. The molecule has 0 amide bonds. The third kappa shape index (κ3) is 4.98. The van der Waals surface area contributed by atoms with Crippen molar-refractivity contribution in [1.29, 1.82) is 0 Å². The third-order valence-corrected chi connectivity index (χ3v) is 5.01. The Kier molecular flexibility index (Phi) is 6.59. The zero-order valence-electron chi connectivity index (χ0n) is 17.0. The summed E-state index contributed by atoms with van der Waals surface area (Å²) in [5, 5.41) is 0. The molecule has 2 nitrogen and oxygen atoms in total. The minimum Gasteiger partial charge on any atom is -0.338 e. The average molecular weight is 391 g/mol. The molecule has 0 bridgehead atoms. The number of para-hydroxylation sites is 4. The van der Waals surface area contributed by atoms with Crippen molar-refractivity contribution in [3.8, 4) is 0 Å². The van der Waals surface area contributed by atoms with Crippen LogP contribution in [0.25, 0.3) is 0 Å². The Morgan fingerprint density at radius 1 is 0.367 bits per heavy atom. The van der Waals surface area contributed by atoms with E-state index in [9.17, 15) is 0 Å². The minimum absolute atomic E-state index is 0.811. The van der Waals surface area contributed by atoms with E-state index in [2.05, 4.69) is 143 Å². The molecule has 0 aliphatic heterocycles. The Morgan fingerprint density at radius 3 is 0.833 bits per heavy atom. The molecular weight excluding hydrogens is 364 g/mol. The predicted octanol–water partition coefficient (Wildman–Crippen LogP) is 7.22. The van der Waals surface area contributed by atoms with Crippen LogP contribution in [0.2, 0.25) is 0 Å². The largest absolute Gasteiger partial charge is 0.338 e. The molecule has 0 saturated heterocycles. The number of anilines is 4. The van der Waals surface area contributed by atoms with Crippen molar-refractivity contribution in [2.24, 2.45) is 0 Å². The first-order valence-corrected chi connectivity index (χ1v) is 10.3. The van der Waals surface area contributed by atoms with Crippen molar-refractivity contribution in [2.75, 3.05) is 22.9 Å². The summed E-state index contributed by atoms with van der Waals surface area (Å²) in [4.78, 5) is 4.65. The van der Waals surface area contributed by atoms with E-state index in [0.29, 0.717) is 0 Å². The molecule has 0 N–H and O–H groups in total. The first-order valence-electron chi connectivity index (χ1n) is 10.3. The Labute approximate surface area is 179 Å². The number of benzene rings is 4. The Hall–Kier alpha value is -3.78. The van der Waals surface area contributed by atoms with Gasteiger partial charge < -0.3 is 9.80 Å². The highest BCUT2D eigenvalue weighted by molar-refractivity contribution is 5.65. The molecule has 2 heteroatoms. The molecule has 0 aromatic heterocycles. The van der Waals surface area contributed by atoms with Gasteiger partial charge in [0, 0.05) is 35.8 Å². The van der Waals surface area contributed by atoms with Crippen molar-refractivity contribution in [2.45, 2.75) is 0 Å². The lowest BCUT2D eigenvalue weighted by molar-refractivity contribution is 1.06. The van der Waals surface area contributed by atoms with Gasteiger partial charge in [-0.1, -0.05) is 84.9 Å². The van der Waals surface area contributed by atoms with Crippen molar-refractivity contribution in [3.63, 3.8) is 0 Å². The molecule has 0 spiro atoms. The smallest absolute Gasteiger partial charge is 0.0413 e. The van der Waals surface area contributed by atoms with Crippen LogP contribution in [-0.2, 0) is 0 Å². The molecule has 0 unspecified atom stereocenters. The van der Waals surface area contributed by atoms with Crippen LogP contribution in [0, 0.1) is 0 Å². The SMILES string of the molecule is C(=CCN(c1ccccc1)c1ccccc1)CN(c1ccccc1)c1ccccc1. The normalized spacial score (nSPS) is 10.8. The van der Waals surface area contributed by atoms with Crippen molar-refractivity contribution in [3.05, 3.63) is 133 Å². The zero-order valence-corrected chi connectivity index (χ0v) is 17.0. The van der Waals surface area contributed by atoms with Gasteiger partial charge in [-0.25, -0.2) is 0 Å². The fourth-order valence-electron chi connectivity index (χ4n) is 3.51. The van der Waals surface area contributed by atoms with Crippen LogP contribution in [0.1, 0.15) is 0 Å². The van der Waals surface area contributed by atoms with E-state index in [-0.39, 0.29) is 0 Å². The van der Waals surface area contributed by atoms with Gasteiger partial charge in [0.2, 0.25) is 0 Å². The lowest BCUT2D eigenvalue weighted by Gasteiger charge is -2.25. The molecule has 0 atom stereocenters. The Balaban J connectivity index is 1.52. The first-order chi connectivity index (χ1) is 14.9. The lowest BCUT2D eigenvalue weighted by Crippen LogP contribution is -2.19. The summed E-state index contributed by atoms with van der Waals surface area (Å²) in [6, 6.07) is 42.1. The summed E-state index contributed by atoms with van der Waals surface area (Å²) in [7, 11) is 0. The second kappa shape index (κ2) is 10.1. The summed E-state index contributed by atoms with van der Waals surface area (Å²) < 4.78 is 0. The summed E-state index contributed by atoms with van der Waals surface area (Å²) in [6.07, 6.45) is 4.50. The van der Waals surface area contributed by atoms with E-state index in [1.165, 1.54) is 22.7 Å². The maximum absolute atomic E-state index is 2.33. The van der Waals surface area contributed by atoms with E-state index < -0.39 is 0 Å². The monoisotopic (exact) mass is 390 g/mol. The van der Waals surface area contributed by atoms with E-state index in [4.69, 9.17) is 0 Å². The highest BCUT2D eigenvalue weighted by Crippen LogP contribution is 2.26. The molecule has 0 radical (unpaired) electrons. The van der Waals surface area contributed by atoms with Crippen molar-refractivity contribution < 1.29 is 0 Å². The molecule has 0 fully saturated rings. The van der Waals surface area contributed by atoms with Gasteiger partial charge in [-0.15, -0.1) is 0 Å². The first kappa shape index (κ1) is 19.5. The molecule has 30 heavy (non-hydrogen) atoms. The van der Waals surface area contributed by atoms with Crippen LogP contribution in [-0.4, -0.2) is 13.1 Å². The van der Waals surface area contributed by atoms with Crippen molar-refractivity contribution in [1.82, 2.24) is 0 Å². The van der Waals surface area contributed by atoms with Gasteiger partial charge in [-0.3, -0.25) is 0 Å². The average Bonchev–Trinajstić information content (AvgIpc) is 2.84. The van der Waals surface area contributed by atoms with Crippen LogP contribution in [0.15, 0.2) is 133 Å². The molecule has 0 aliphatic carbocycles. The standard InChI is InChI=1S/C28H26N2/c1-5-15-25(16-6-1)29(26-17-7-2-8-18-26)23-13-14-24-30(27-19-9-3-10-20-27)28-21-11-4-12-22-28/h1-22H,23-24H2. The number of hydrogen-bond acceptors (Lipinski definition) is 2. The molecule has 0 aliphatic rings. The molecule has 4 aromatic carbocycles. The molecule has 4 aromatic rings. The van der Waals surface area contributed by atoms with E-state index >= 15 is 0 Å². The highest BCUT2D eigenvalue weighted by Gasteiger charge is 2.08. The van der Waals surface area contributed by atoms with Crippen LogP contribution in [0.3, 0.4) is 0 Å². The van der Waals surface area contributed by atoms with Gasteiger partial charge in [0.05, 0.1) is 0 Å². The Morgan fingerprint density at radius 2 is 0.600 bits per heavy atom. The molecular formula is C28H26N2. The number of nitrogens with zero attached hydrogens (tertiary/aromatic N) is 2. The fourth-order valence-corrected chi connectivity index (χ4v) is 3.51. The van der Waals surface area contributed by atoms with Crippen molar-refractivity contribution >= 4 is 22.7 Å². The zero-order chi connectivity index (χ0) is 20.4. The van der Waals surface area contributed by atoms with Gasteiger partial charge in [0.25, 0.3) is 0 Å². The molecule has 0 saturated carbocycles. The maximum Gasteiger partial charge on any atom is 0.0413 e. The predicted molar refractivity (Wildman–Crippen MR) is 129 cm³/mol. The third-order valence-electron chi connectivity index (χ3n) is 5.01. The van der Waals surface area contributed by atoms with Crippen LogP contribution >= 0.6 is 0 Å². The van der Waals surface area contributed by atoms with Gasteiger partial charge >= 0.3 is 0 Å². The van der Waals surface area contributed by atoms with E-state index in [0.717, 1.165) is 13.1 Å².